The second kappa shape index (κ2) is 5.21. The molecule has 0 bridgehead atoms. The van der Waals surface area contributed by atoms with Crippen LogP contribution in [0.5, 0.6) is 0 Å². The molecule has 1 aliphatic heterocycles. The summed E-state index contributed by atoms with van der Waals surface area (Å²) in [6.45, 7) is 4.88. The third-order valence-corrected chi connectivity index (χ3v) is 3.24. The second-order valence-electron chi connectivity index (χ2n) is 4.66. The Kier molecular flexibility index (Phi) is 3.67. The van der Waals surface area contributed by atoms with E-state index in [1.807, 2.05) is 24.0 Å². The maximum absolute atomic E-state index is 12.0. The van der Waals surface area contributed by atoms with E-state index in [1.165, 1.54) is 6.42 Å². The molecular weight excluding hydrogens is 214 g/mol. The molecule has 92 valence electrons. The molecule has 0 N–H and O–H groups in total. The number of piperidine rings is 1. The fraction of sp³-hybridized carbons (Fsp3) is 0.500. The largest absolute Gasteiger partial charge is 0.462 e. The van der Waals surface area contributed by atoms with Crippen LogP contribution in [0.25, 0.3) is 6.08 Å². The zero-order chi connectivity index (χ0) is 12.3. The standard InChI is InChI=1S/C14H19NO2/c1-11-5-3-4-10-15(11)14(16)9-8-13-7-6-12(2)17-13/h6-9,11H,3-5,10H2,1-2H3. The number of rotatable bonds is 2. The SMILES string of the molecule is Cc1ccc(C=CC(=O)N2CCCCC2C)o1. The highest BCUT2D eigenvalue weighted by Crippen LogP contribution is 2.17. The number of hydrogen-bond donors (Lipinski definition) is 0. The Morgan fingerprint density at radius 2 is 2.29 bits per heavy atom. The summed E-state index contributed by atoms with van der Waals surface area (Å²) in [5.74, 6) is 1.69. The molecule has 1 fully saturated rings. The predicted octanol–water partition coefficient (Wildman–Crippen LogP) is 3.00. The maximum atomic E-state index is 12.0. The van der Waals surface area contributed by atoms with Crippen molar-refractivity contribution < 1.29 is 9.21 Å². The Morgan fingerprint density at radius 1 is 1.47 bits per heavy atom. The Hall–Kier alpha value is -1.51. The highest BCUT2D eigenvalue weighted by Gasteiger charge is 2.21. The van der Waals surface area contributed by atoms with Gasteiger partial charge in [0.2, 0.25) is 5.91 Å². The monoisotopic (exact) mass is 233 g/mol. The molecule has 3 nitrogen and oxygen atoms in total. The summed E-state index contributed by atoms with van der Waals surface area (Å²) in [4.78, 5) is 13.9. The molecule has 1 saturated heterocycles. The van der Waals surface area contributed by atoms with Crippen LogP contribution in [0.15, 0.2) is 22.6 Å². The minimum Gasteiger partial charge on any atom is -0.462 e. The lowest BCUT2D eigenvalue weighted by molar-refractivity contribution is -0.129. The molecule has 0 aliphatic carbocycles. The molecule has 2 heterocycles. The van der Waals surface area contributed by atoms with Crippen LogP contribution in [0.1, 0.15) is 37.7 Å². The van der Waals surface area contributed by atoms with Crippen molar-refractivity contribution in [1.29, 1.82) is 0 Å². The summed E-state index contributed by atoms with van der Waals surface area (Å²) in [6, 6.07) is 4.13. The van der Waals surface area contributed by atoms with E-state index in [9.17, 15) is 4.79 Å². The van der Waals surface area contributed by atoms with E-state index in [4.69, 9.17) is 4.42 Å². The average molecular weight is 233 g/mol. The molecule has 1 aromatic heterocycles. The third-order valence-electron chi connectivity index (χ3n) is 3.24. The first kappa shape index (κ1) is 12.0. The normalized spacial score (nSPS) is 21.1. The molecule has 1 unspecified atom stereocenters. The van der Waals surface area contributed by atoms with Gasteiger partial charge in [-0.2, -0.15) is 0 Å². The number of aryl methyl sites for hydroxylation is 1. The number of nitrogens with zero attached hydrogens (tertiary/aromatic N) is 1. The summed E-state index contributed by atoms with van der Waals surface area (Å²) in [5.41, 5.74) is 0. The quantitative estimate of drug-likeness (QED) is 0.736. The lowest BCUT2D eigenvalue weighted by Gasteiger charge is -2.32. The van der Waals surface area contributed by atoms with Crippen molar-refractivity contribution in [3.05, 3.63) is 29.7 Å². The maximum Gasteiger partial charge on any atom is 0.246 e. The molecule has 2 rings (SSSR count). The molecule has 0 spiro atoms. The van der Waals surface area contributed by atoms with Gasteiger partial charge in [-0.05, 0) is 51.3 Å². The average Bonchev–Trinajstić information content (AvgIpc) is 2.73. The first-order valence-electron chi connectivity index (χ1n) is 6.22. The topological polar surface area (TPSA) is 33.5 Å². The predicted molar refractivity (Wildman–Crippen MR) is 67.5 cm³/mol. The van der Waals surface area contributed by atoms with Crippen LogP contribution < -0.4 is 0 Å². The van der Waals surface area contributed by atoms with Crippen molar-refractivity contribution >= 4 is 12.0 Å². The van der Waals surface area contributed by atoms with Crippen LogP contribution in [0.2, 0.25) is 0 Å². The molecule has 17 heavy (non-hydrogen) atoms. The van der Waals surface area contributed by atoms with Crippen molar-refractivity contribution in [2.75, 3.05) is 6.54 Å². The number of likely N-dealkylation sites (tertiary alicyclic amines) is 1. The number of furan rings is 1. The van der Waals surface area contributed by atoms with Gasteiger partial charge >= 0.3 is 0 Å². The van der Waals surface area contributed by atoms with Gasteiger partial charge in [-0.1, -0.05) is 0 Å². The van der Waals surface area contributed by atoms with E-state index in [0.29, 0.717) is 6.04 Å². The third kappa shape index (κ3) is 2.99. The van der Waals surface area contributed by atoms with Gasteiger partial charge in [-0.3, -0.25) is 4.79 Å². The lowest BCUT2D eigenvalue weighted by atomic mass is 10.0. The lowest BCUT2D eigenvalue weighted by Crippen LogP contribution is -2.41. The van der Waals surface area contributed by atoms with Crippen LogP contribution in [-0.4, -0.2) is 23.4 Å². The van der Waals surface area contributed by atoms with Gasteiger partial charge < -0.3 is 9.32 Å². The fourth-order valence-corrected chi connectivity index (χ4v) is 2.22. The number of hydrogen-bond acceptors (Lipinski definition) is 2. The number of carbonyl (C=O) groups excluding carboxylic acids is 1. The minimum atomic E-state index is 0.0891. The van der Waals surface area contributed by atoms with Crippen LogP contribution in [0.3, 0.4) is 0 Å². The van der Waals surface area contributed by atoms with Crippen LogP contribution in [0.4, 0.5) is 0 Å². The fourth-order valence-electron chi connectivity index (χ4n) is 2.22. The van der Waals surface area contributed by atoms with Crippen molar-refractivity contribution in [3.63, 3.8) is 0 Å². The molecule has 3 heteroatoms. The van der Waals surface area contributed by atoms with E-state index in [2.05, 4.69) is 6.92 Å². The van der Waals surface area contributed by atoms with Gasteiger partial charge in [0.15, 0.2) is 0 Å². The second-order valence-corrected chi connectivity index (χ2v) is 4.66. The molecule has 0 saturated carbocycles. The molecular formula is C14H19NO2. The molecule has 0 radical (unpaired) electrons. The van der Waals surface area contributed by atoms with E-state index < -0.39 is 0 Å². The van der Waals surface area contributed by atoms with E-state index in [-0.39, 0.29) is 5.91 Å². The van der Waals surface area contributed by atoms with Crippen molar-refractivity contribution in [3.8, 4) is 0 Å². The van der Waals surface area contributed by atoms with Gasteiger partial charge in [0.05, 0.1) is 0 Å². The summed E-state index contributed by atoms with van der Waals surface area (Å²) < 4.78 is 5.39. The van der Waals surface area contributed by atoms with Gasteiger partial charge in [-0.15, -0.1) is 0 Å². The molecule has 1 aliphatic rings. The molecule has 0 aromatic carbocycles. The summed E-state index contributed by atoms with van der Waals surface area (Å²) >= 11 is 0. The minimum absolute atomic E-state index is 0.0891. The van der Waals surface area contributed by atoms with Crippen LogP contribution in [-0.2, 0) is 4.79 Å². The van der Waals surface area contributed by atoms with Crippen LogP contribution in [0, 0.1) is 6.92 Å². The van der Waals surface area contributed by atoms with E-state index in [1.54, 1.807) is 12.2 Å². The van der Waals surface area contributed by atoms with Gasteiger partial charge in [0, 0.05) is 18.7 Å². The van der Waals surface area contributed by atoms with E-state index >= 15 is 0 Å². The number of amides is 1. The summed E-state index contributed by atoms with van der Waals surface area (Å²) in [6.07, 6.45) is 6.81. The highest BCUT2D eigenvalue weighted by atomic mass is 16.3. The summed E-state index contributed by atoms with van der Waals surface area (Å²) in [7, 11) is 0. The van der Waals surface area contributed by atoms with Gasteiger partial charge in [-0.25, -0.2) is 0 Å². The van der Waals surface area contributed by atoms with Crippen molar-refractivity contribution in [2.45, 2.75) is 39.2 Å². The molecule has 1 amide bonds. The Labute approximate surface area is 102 Å². The smallest absolute Gasteiger partial charge is 0.246 e. The van der Waals surface area contributed by atoms with Crippen LogP contribution >= 0.6 is 0 Å². The molecule has 1 aromatic rings. The Balaban J connectivity index is 1.98. The van der Waals surface area contributed by atoms with Crippen molar-refractivity contribution in [1.82, 2.24) is 4.90 Å². The van der Waals surface area contributed by atoms with Gasteiger partial charge in [0.25, 0.3) is 0 Å². The highest BCUT2D eigenvalue weighted by molar-refractivity contribution is 5.91. The zero-order valence-corrected chi connectivity index (χ0v) is 10.5. The summed E-state index contributed by atoms with van der Waals surface area (Å²) in [5, 5.41) is 0. The van der Waals surface area contributed by atoms with E-state index in [0.717, 1.165) is 30.9 Å². The van der Waals surface area contributed by atoms with Crippen molar-refractivity contribution in [2.24, 2.45) is 0 Å². The Morgan fingerprint density at radius 3 is 2.94 bits per heavy atom. The first-order valence-corrected chi connectivity index (χ1v) is 6.22. The Bertz CT molecular complexity index is 420. The van der Waals surface area contributed by atoms with Gasteiger partial charge in [0.1, 0.15) is 11.5 Å². The zero-order valence-electron chi connectivity index (χ0n) is 10.5. The number of carbonyl (C=O) groups is 1. The first-order chi connectivity index (χ1) is 8.16. The molecule has 1 atom stereocenters.